The van der Waals surface area contributed by atoms with Gasteiger partial charge in [-0.15, -0.1) is 0 Å². The minimum atomic E-state index is 0.120. The molecule has 156 valence electrons. The monoisotopic (exact) mass is 394 g/mol. The summed E-state index contributed by atoms with van der Waals surface area (Å²) in [7, 11) is 3.61. The maximum atomic E-state index is 5.45. The molecule has 2 aromatic carbocycles. The largest absolute Gasteiger partial charge is 0.383 e. The molecule has 0 aromatic heterocycles. The lowest BCUT2D eigenvalue weighted by atomic mass is 9.59. The van der Waals surface area contributed by atoms with Crippen molar-refractivity contribution in [1.82, 2.24) is 9.80 Å². The Morgan fingerprint density at radius 2 is 1.03 bits per heavy atom. The molecule has 2 bridgehead atoms. The normalized spacial score (nSPS) is 27.8. The first-order valence-electron chi connectivity index (χ1n) is 10.7. The predicted octanol–water partition coefficient (Wildman–Crippen LogP) is 3.18. The fourth-order valence-corrected chi connectivity index (χ4v) is 5.70. The molecular formula is C25H34N2O2. The summed E-state index contributed by atoms with van der Waals surface area (Å²) in [6, 6.07) is 22.3. The summed E-state index contributed by atoms with van der Waals surface area (Å²) < 4.78 is 10.9. The van der Waals surface area contributed by atoms with Gasteiger partial charge in [0.15, 0.2) is 0 Å². The Morgan fingerprint density at radius 3 is 1.38 bits per heavy atom. The predicted molar refractivity (Wildman–Crippen MR) is 117 cm³/mol. The van der Waals surface area contributed by atoms with E-state index in [-0.39, 0.29) is 10.8 Å². The average Bonchev–Trinajstić information content (AvgIpc) is 2.77. The molecule has 2 aromatic rings. The third-order valence-electron chi connectivity index (χ3n) is 6.78. The number of piperidine rings is 2. The third-order valence-corrected chi connectivity index (χ3v) is 6.78. The van der Waals surface area contributed by atoms with E-state index in [1.54, 1.807) is 14.2 Å². The highest BCUT2D eigenvalue weighted by Gasteiger charge is 2.53. The molecule has 0 aliphatic carbocycles. The molecule has 29 heavy (non-hydrogen) atoms. The molecule has 2 saturated heterocycles. The first-order chi connectivity index (χ1) is 14.2. The van der Waals surface area contributed by atoms with E-state index in [1.807, 2.05) is 0 Å². The summed E-state index contributed by atoms with van der Waals surface area (Å²) in [4.78, 5) is 5.28. The Labute approximate surface area is 175 Å². The van der Waals surface area contributed by atoms with Crippen molar-refractivity contribution in [2.75, 3.05) is 66.7 Å². The fourth-order valence-electron chi connectivity index (χ4n) is 5.70. The minimum Gasteiger partial charge on any atom is -0.383 e. The van der Waals surface area contributed by atoms with Gasteiger partial charge in [0.1, 0.15) is 0 Å². The number of rotatable bonds is 8. The Hall–Kier alpha value is -1.72. The van der Waals surface area contributed by atoms with Crippen LogP contribution >= 0.6 is 0 Å². The first-order valence-corrected chi connectivity index (χ1v) is 10.7. The van der Waals surface area contributed by atoms with Crippen LogP contribution in [0.1, 0.15) is 17.5 Å². The summed E-state index contributed by atoms with van der Waals surface area (Å²) in [5, 5.41) is 0. The van der Waals surface area contributed by atoms with Crippen molar-refractivity contribution in [3.05, 3.63) is 71.8 Å². The minimum absolute atomic E-state index is 0.120. The zero-order chi connectivity index (χ0) is 20.2. The van der Waals surface area contributed by atoms with Crippen LogP contribution in [-0.2, 0) is 20.3 Å². The number of hydrogen-bond acceptors (Lipinski definition) is 4. The van der Waals surface area contributed by atoms with Gasteiger partial charge in [0.05, 0.1) is 13.2 Å². The fraction of sp³-hybridized carbons (Fsp3) is 0.520. The summed E-state index contributed by atoms with van der Waals surface area (Å²) in [5.41, 5.74) is 3.17. The summed E-state index contributed by atoms with van der Waals surface area (Å²) in [6.07, 6.45) is 1.20. The zero-order valence-electron chi connectivity index (χ0n) is 17.8. The van der Waals surface area contributed by atoms with Gasteiger partial charge in [0.25, 0.3) is 0 Å². The highest BCUT2D eigenvalue weighted by molar-refractivity contribution is 5.37. The number of nitrogens with zero attached hydrogens (tertiary/aromatic N) is 2. The zero-order valence-corrected chi connectivity index (χ0v) is 17.8. The third kappa shape index (κ3) is 4.26. The Balaban J connectivity index is 1.77. The van der Waals surface area contributed by atoms with Crippen LogP contribution in [0.4, 0.5) is 0 Å². The SMILES string of the molecule is COCCN1CC2(c3ccccc3)CN(CCOC)CC(c3ccccc3)(C1)C2. The van der Waals surface area contributed by atoms with Gasteiger partial charge in [-0.05, 0) is 17.5 Å². The second-order valence-electron chi connectivity index (χ2n) is 8.88. The van der Waals surface area contributed by atoms with Crippen molar-refractivity contribution >= 4 is 0 Å². The molecule has 0 unspecified atom stereocenters. The molecule has 0 N–H and O–H groups in total. The van der Waals surface area contributed by atoms with Crippen LogP contribution in [0.2, 0.25) is 0 Å². The van der Waals surface area contributed by atoms with E-state index in [4.69, 9.17) is 9.47 Å². The highest BCUT2D eigenvalue weighted by Crippen LogP contribution is 2.48. The molecule has 2 heterocycles. The van der Waals surface area contributed by atoms with Crippen molar-refractivity contribution in [3.63, 3.8) is 0 Å². The molecule has 4 rings (SSSR count). The van der Waals surface area contributed by atoms with E-state index < -0.39 is 0 Å². The molecule has 0 spiro atoms. The van der Waals surface area contributed by atoms with Crippen LogP contribution in [0.15, 0.2) is 60.7 Å². The van der Waals surface area contributed by atoms with Crippen molar-refractivity contribution < 1.29 is 9.47 Å². The second-order valence-corrected chi connectivity index (χ2v) is 8.88. The molecule has 4 heteroatoms. The lowest BCUT2D eigenvalue weighted by molar-refractivity contribution is -0.0261. The van der Waals surface area contributed by atoms with E-state index in [9.17, 15) is 0 Å². The quantitative estimate of drug-likeness (QED) is 0.687. The van der Waals surface area contributed by atoms with E-state index in [2.05, 4.69) is 70.5 Å². The van der Waals surface area contributed by atoms with Gasteiger partial charge < -0.3 is 9.47 Å². The smallest absolute Gasteiger partial charge is 0.0589 e. The van der Waals surface area contributed by atoms with Crippen LogP contribution in [-0.4, -0.2) is 76.5 Å². The molecule has 2 aliphatic rings. The van der Waals surface area contributed by atoms with Crippen LogP contribution in [0, 0.1) is 0 Å². The number of fused-ring (bicyclic) bond motifs is 2. The van der Waals surface area contributed by atoms with Gasteiger partial charge in [-0.25, -0.2) is 0 Å². The highest BCUT2D eigenvalue weighted by atomic mass is 16.5. The molecule has 0 atom stereocenters. The summed E-state index contributed by atoms with van der Waals surface area (Å²) >= 11 is 0. The van der Waals surface area contributed by atoms with Crippen molar-refractivity contribution in [3.8, 4) is 0 Å². The molecular weight excluding hydrogens is 360 g/mol. The lowest BCUT2D eigenvalue weighted by Crippen LogP contribution is -2.68. The number of benzene rings is 2. The van der Waals surface area contributed by atoms with E-state index in [1.165, 1.54) is 17.5 Å². The average molecular weight is 395 g/mol. The van der Waals surface area contributed by atoms with E-state index in [0.717, 1.165) is 52.5 Å². The van der Waals surface area contributed by atoms with Crippen molar-refractivity contribution in [1.29, 1.82) is 0 Å². The molecule has 4 nitrogen and oxygen atoms in total. The van der Waals surface area contributed by atoms with Gasteiger partial charge in [0, 0.05) is 64.3 Å². The summed E-state index contributed by atoms with van der Waals surface area (Å²) in [5.74, 6) is 0. The Bertz CT molecular complexity index is 687. The number of likely N-dealkylation sites (tertiary alicyclic amines) is 2. The Morgan fingerprint density at radius 1 is 0.655 bits per heavy atom. The number of hydrogen-bond donors (Lipinski definition) is 0. The standard InChI is InChI=1S/C25H34N2O2/c1-28-15-13-26-18-24(22-9-5-3-6-10-22)17-25(19-26,23-11-7-4-8-12-23)21-27(20-24)14-16-29-2/h3-12H,13-21H2,1-2H3. The van der Waals surface area contributed by atoms with Crippen molar-refractivity contribution in [2.45, 2.75) is 17.3 Å². The first kappa shape index (κ1) is 20.5. The van der Waals surface area contributed by atoms with Gasteiger partial charge in [-0.1, -0.05) is 60.7 Å². The van der Waals surface area contributed by atoms with Crippen LogP contribution in [0.5, 0.6) is 0 Å². The van der Waals surface area contributed by atoms with E-state index in [0.29, 0.717) is 0 Å². The summed E-state index contributed by atoms with van der Waals surface area (Å²) in [6.45, 7) is 7.86. The lowest BCUT2D eigenvalue weighted by Gasteiger charge is -2.59. The maximum Gasteiger partial charge on any atom is 0.0589 e. The maximum absolute atomic E-state index is 5.45. The van der Waals surface area contributed by atoms with Gasteiger partial charge in [-0.3, -0.25) is 9.80 Å². The Kier molecular flexibility index (Phi) is 6.35. The molecule has 0 saturated carbocycles. The molecule has 0 radical (unpaired) electrons. The molecule has 2 aliphatic heterocycles. The second kappa shape index (κ2) is 8.97. The molecule has 2 fully saturated rings. The van der Waals surface area contributed by atoms with Crippen molar-refractivity contribution in [2.24, 2.45) is 0 Å². The number of ether oxygens (including phenoxy) is 2. The van der Waals surface area contributed by atoms with Crippen LogP contribution in [0.3, 0.4) is 0 Å². The molecule has 0 amide bonds. The topological polar surface area (TPSA) is 24.9 Å². The van der Waals surface area contributed by atoms with E-state index >= 15 is 0 Å². The number of methoxy groups -OCH3 is 2. The van der Waals surface area contributed by atoms with Gasteiger partial charge in [-0.2, -0.15) is 0 Å². The van der Waals surface area contributed by atoms with Gasteiger partial charge >= 0.3 is 0 Å². The van der Waals surface area contributed by atoms with Crippen LogP contribution < -0.4 is 0 Å². The van der Waals surface area contributed by atoms with Crippen LogP contribution in [0.25, 0.3) is 0 Å². The van der Waals surface area contributed by atoms with Gasteiger partial charge in [0.2, 0.25) is 0 Å².